The van der Waals surface area contributed by atoms with E-state index in [4.69, 9.17) is 9.47 Å². The van der Waals surface area contributed by atoms with E-state index in [0.29, 0.717) is 0 Å². The zero-order valence-electron chi connectivity index (χ0n) is 17.9. The minimum atomic E-state index is -1.18. The van der Waals surface area contributed by atoms with Gasteiger partial charge in [0.05, 0.1) is 24.5 Å². The van der Waals surface area contributed by atoms with E-state index in [-0.39, 0.29) is 30.8 Å². The van der Waals surface area contributed by atoms with E-state index in [1.807, 2.05) is 24.3 Å². The first-order valence-electron chi connectivity index (χ1n) is 10.3. The van der Waals surface area contributed by atoms with Gasteiger partial charge in [0.1, 0.15) is 17.4 Å². The van der Waals surface area contributed by atoms with E-state index in [1.165, 1.54) is 11.9 Å². The number of amides is 3. The molecule has 4 rings (SSSR count). The lowest BCUT2D eigenvalue weighted by Gasteiger charge is -2.32. The molecule has 0 aromatic heterocycles. The summed E-state index contributed by atoms with van der Waals surface area (Å²) in [7, 11) is 3.13. The molecule has 2 bridgehead atoms. The summed E-state index contributed by atoms with van der Waals surface area (Å²) in [6, 6.07) is 6.47. The van der Waals surface area contributed by atoms with Gasteiger partial charge in [-0.25, -0.2) is 0 Å². The summed E-state index contributed by atoms with van der Waals surface area (Å²) in [6.45, 7) is 5.98. The molecule has 8 heteroatoms. The molecule has 3 aliphatic heterocycles. The number of hydrogen-bond donors (Lipinski definition) is 2. The zero-order valence-corrected chi connectivity index (χ0v) is 17.9. The van der Waals surface area contributed by atoms with Crippen LogP contribution in [0.3, 0.4) is 0 Å². The maximum absolute atomic E-state index is 13.4. The fourth-order valence-corrected chi connectivity index (χ4v) is 5.15. The lowest BCUT2D eigenvalue weighted by Crippen LogP contribution is -2.54. The van der Waals surface area contributed by atoms with Gasteiger partial charge in [0.2, 0.25) is 17.7 Å². The number of benzene rings is 1. The molecule has 8 nitrogen and oxygen atoms in total. The molecule has 2 fully saturated rings. The van der Waals surface area contributed by atoms with Crippen molar-refractivity contribution in [3.05, 3.63) is 54.6 Å². The highest BCUT2D eigenvalue weighted by Crippen LogP contribution is 2.59. The van der Waals surface area contributed by atoms with Crippen molar-refractivity contribution >= 4 is 17.7 Å². The molecule has 164 valence electrons. The SMILES string of the molecule is C=CCN1C(=O)[C@@H]2[C@H](C(=O)NC)[C@@]3(C)C=C[C@]2(O3)[C@H]1C(=O)NCc1ccc(OC)cc1. The van der Waals surface area contributed by atoms with Crippen LogP contribution in [0, 0.1) is 11.8 Å². The normalized spacial score (nSPS) is 32.7. The van der Waals surface area contributed by atoms with Gasteiger partial charge >= 0.3 is 0 Å². The topological polar surface area (TPSA) is 97.0 Å². The summed E-state index contributed by atoms with van der Waals surface area (Å²) >= 11 is 0. The molecule has 0 aliphatic carbocycles. The zero-order chi connectivity index (χ0) is 22.4. The first-order chi connectivity index (χ1) is 14.8. The molecule has 1 aromatic carbocycles. The van der Waals surface area contributed by atoms with E-state index in [9.17, 15) is 14.4 Å². The molecule has 3 amide bonds. The Balaban J connectivity index is 1.63. The van der Waals surface area contributed by atoms with Crippen molar-refractivity contribution in [1.82, 2.24) is 15.5 Å². The van der Waals surface area contributed by atoms with Crippen molar-refractivity contribution < 1.29 is 23.9 Å². The van der Waals surface area contributed by atoms with Crippen LogP contribution < -0.4 is 15.4 Å². The Morgan fingerprint density at radius 1 is 1.26 bits per heavy atom. The summed E-state index contributed by atoms with van der Waals surface area (Å²) in [4.78, 5) is 40.9. The lowest BCUT2D eigenvalue weighted by molar-refractivity contribution is -0.144. The van der Waals surface area contributed by atoms with Gasteiger partial charge in [-0.3, -0.25) is 14.4 Å². The van der Waals surface area contributed by atoms with Crippen molar-refractivity contribution in [2.75, 3.05) is 20.7 Å². The first-order valence-corrected chi connectivity index (χ1v) is 10.3. The number of hydrogen-bond acceptors (Lipinski definition) is 5. The first kappa shape index (κ1) is 21.1. The number of nitrogens with zero attached hydrogens (tertiary/aromatic N) is 1. The van der Waals surface area contributed by atoms with Crippen LogP contribution in [0.1, 0.15) is 12.5 Å². The summed E-state index contributed by atoms with van der Waals surface area (Å²) in [5.41, 5.74) is -1.23. The highest BCUT2D eigenvalue weighted by Gasteiger charge is 2.75. The number of carbonyl (C=O) groups excluding carboxylic acids is 3. The third-order valence-corrected chi connectivity index (χ3v) is 6.53. The van der Waals surface area contributed by atoms with Crippen LogP contribution in [0.5, 0.6) is 5.75 Å². The van der Waals surface area contributed by atoms with Crippen molar-refractivity contribution in [3.63, 3.8) is 0 Å². The standard InChI is InChI=1S/C23H27N3O5/c1-5-12-26-18(20(28)25-13-14-6-8-15(30-4)9-7-14)23-11-10-22(2,31-23)16(19(27)24-3)17(23)21(26)29/h5-11,16-18H,1,12-13H2,2-4H3,(H,24,27)(H,25,28)/t16-,17+,18-,22-,23-/m1/s1. The number of likely N-dealkylation sites (tertiary alicyclic amines) is 1. The third-order valence-electron chi connectivity index (χ3n) is 6.53. The highest BCUT2D eigenvalue weighted by atomic mass is 16.5. The number of ether oxygens (including phenoxy) is 2. The summed E-state index contributed by atoms with van der Waals surface area (Å²) in [6.07, 6.45) is 5.17. The lowest BCUT2D eigenvalue weighted by atomic mass is 9.70. The van der Waals surface area contributed by atoms with Gasteiger partial charge < -0.3 is 25.0 Å². The molecule has 1 spiro atoms. The van der Waals surface area contributed by atoms with Crippen LogP contribution in [-0.2, 0) is 25.7 Å². The van der Waals surface area contributed by atoms with Gasteiger partial charge in [0.25, 0.3) is 0 Å². The molecule has 31 heavy (non-hydrogen) atoms. The Kier molecular flexibility index (Phi) is 5.13. The molecule has 2 saturated heterocycles. The van der Waals surface area contributed by atoms with E-state index in [2.05, 4.69) is 17.2 Å². The number of methoxy groups -OCH3 is 1. The summed E-state index contributed by atoms with van der Waals surface area (Å²) < 4.78 is 11.5. The predicted molar refractivity (Wildman–Crippen MR) is 113 cm³/mol. The minimum absolute atomic E-state index is 0.187. The quantitative estimate of drug-likeness (QED) is 0.630. The fraction of sp³-hybridized carbons (Fsp3) is 0.435. The molecule has 0 unspecified atom stereocenters. The van der Waals surface area contributed by atoms with Crippen LogP contribution in [0.2, 0.25) is 0 Å². The molecule has 3 heterocycles. The van der Waals surface area contributed by atoms with Gasteiger partial charge in [-0.2, -0.15) is 0 Å². The van der Waals surface area contributed by atoms with Gasteiger partial charge in [-0.15, -0.1) is 6.58 Å². The van der Waals surface area contributed by atoms with Crippen LogP contribution in [0.25, 0.3) is 0 Å². The van der Waals surface area contributed by atoms with Crippen LogP contribution in [-0.4, -0.2) is 60.6 Å². The Hall–Kier alpha value is -3.13. The largest absolute Gasteiger partial charge is 0.497 e. The van der Waals surface area contributed by atoms with Crippen molar-refractivity contribution in [3.8, 4) is 5.75 Å². The van der Waals surface area contributed by atoms with Gasteiger partial charge in [0.15, 0.2) is 0 Å². The van der Waals surface area contributed by atoms with Gasteiger partial charge in [-0.1, -0.05) is 30.4 Å². The monoisotopic (exact) mass is 425 g/mol. The predicted octanol–water partition coefficient (Wildman–Crippen LogP) is 0.784. The molecular formula is C23H27N3O5. The molecule has 2 N–H and O–H groups in total. The molecule has 3 aliphatic rings. The van der Waals surface area contributed by atoms with Crippen molar-refractivity contribution in [1.29, 1.82) is 0 Å². The Morgan fingerprint density at radius 3 is 2.58 bits per heavy atom. The van der Waals surface area contributed by atoms with E-state index in [0.717, 1.165) is 11.3 Å². The van der Waals surface area contributed by atoms with Crippen molar-refractivity contribution in [2.45, 2.75) is 30.7 Å². The minimum Gasteiger partial charge on any atom is -0.497 e. The Labute approximate surface area is 181 Å². The second kappa shape index (κ2) is 7.53. The average molecular weight is 425 g/mol. The second-order valence-corrected chi connectivity index (χ2v) is 8.29. The molecular weight excluding hydrogens is 398 g/mol. The maximum Gasteiger partial charge on any atom is 0.246 e. The number of nitrogens with one attached hydrogen (secondary N) is 2. The Morgan fingerprint density at radius 2 is 1.97 bits per heavy atom. The second-order valence-electron chi connectivity index (χ2n) is 8.29. The number of rotatable bonds is 7. The molecule has 5 atom stereocenters. The van der Waals surface area contributed by atoms with Crippen LogP contribution in [0.15, 0.2) is 49.1 Å². The summed E-state index contributed by atoms with van der Waals surface area (Å²) in [5, 5.41) is 5.56. The van der Waals surface area contributed by atoms with Crippen LogP contribution in [0.4, 0.5) is 0 Å². The van der Waals surface area contributed by atoms with E-state index >= 15 is 0 Å². The maximum atomic E-state index is 13.4. The molecule has 1 aromatic rings. The van der Waals surface area contributed by atoms with Crippen molar-refractivity contribution in [2.24, 2.45) is 11.8 Å². The third kappa shape index (κ3) is 3.05. The van der Waals surface area contributed by atoms with E-state index in [1.54, 1.807) is 32.3 Å². The van der Waals surface area contributed by atoms with Gasteiger partial charge in [-0.05, 0) is 24.6 Å². The van der Waals surface area contributed by atoms with Crippen LogP contribution >= 0.6 is 0 Å². The highest BCUT2D eigenvalue weighted by molar-refractivity contribution is 6.00. The number of carbonyl (C=O) groups is 3. The average Bonchev–Trinajstić information content (AvgIpc) is 3.33. The van der Waals surface area contributed by atoms with E-state index < -0.39 is 29.1 Å². The fourth-order valence-electron chi connectivity index (χ4n) is 5.15. The summed E-state index contributed by atoms with van der Waals surface area (Å²) in [5.74, 6) is -1.62. The Bertz CT molecular complexity index is 958. The molecule has 0 saturated carbocycles. The van der Waals surface area contributed by atoms with Gasteiger partial charge in [0, 0.05) is 20.1 Å². The molecule has 0 radical (unpaired) electrons. The smallest absolute Gasteiger partial charge is 0.246 e. The number of fused-ring (bicyclic) bond motifs is 1.